The summed E-state index contributed by atoms with van der Waals surface area (Å²) >= 11 is 1.28. The number of thiazole rings is 1. The lowest BCUT2D eigenvalue weighted by atomic mass is 10.1. The van der Waals surface area contributed by atoms with Gasteiger partial charge in [-0.15, -0.1) is 11.3 Å². The van der Waals surface area contributed by atoms with Gasteiger partial charge < -0.3 is 4.98 Å². The number of nitrogens with one attached hydrogen (secondary N) is 1. The lowest BCUT2D eigenvalue weighted by Gasteiger charge is -1.99. The van der Waals surface area contributed by atoms with Crippen LogP contribution in [0.3, 0.4) is 0 Å². The van der Waals surface area contributed by atoms with Gasteiger partial charge in [0.2, 0.25) is 0 Å². The Morgan fingerprint density at radius 3 is 2.65 bits per heavy atom. The Labute approximate surface area is 118 Å². The molecule has 100 valence electrons. The average molecular weight is 287 g/mol. The number of rotatable bonds is 3. The van der Waals surface area contributed by atoms with Gasteiger partial charge in [-0.2, -0.15) is 0 Å². The Morgan fingerprint density at radius 1 is 1.30 bits per heavy atom. The van der Waals surface area contributed by atoms with Gasteiger partial charge in [-0.3, -0.25) is 4.79 Å². The predicted octanol–water partition coefficient (Wildman–Crippen LogP) is 3.54. The van der Waals surface area contributed by atoms with E-state index >= 15 is 0 Å². The molecule has 2 heterocycles. The zero-order chi connectivity index (χ0) is 14.1. The number of carbonyl (C=O) groups is 1. The summed E-state index contributed by atoms with van der Waals surface area (Å²) in [5, 5.41) is 0.413. The van der Waals surface area contributed by atoms with Gasteiger partial charge in [0, 0.05) is 19.3 Å². The van der Waals surface area contributed by atoms with Crippen LogP contribution in [-0.2, 0) is 0 Å². The van der Waals surface area contributed by atoms with Crippen molar-refractivity contribution in [2.45, 2.75) is 6.92 Å². The molecule has 0 aliphatic heterocycles. The van der Waals surface area contributed by atoms with Crippen LogP contribution in [0.15, 0.2) is 36.7 Å². The van der Waals surface area contributed by atoms with Crippen molar-refractivity contribution in [3.8, 4) is 22.0 Å². The second-order valence-corrected chi connectivity index (χ2v) is 5.20. The third-order valence-electron chi connectivity index (χ3n) is 2.76. The Kier molecular flexibility index (Phi) is 3.15. The maximum atomic E-state index is 13.0. The van der Waals surface area contributed by atoms with Crippen molar-refractivity contribution in [3.63, 3.8) is 0 Å². The molecule has 6 heteroatoms. The summed E-state index contributed by atoms with van der Waals surface area (Å²) < 4.78 is 13.0. The number of hydrogen-bond acceptors (Lipinski definition) is 4. The van der Waals surface area contributed by atoms with Crippen LogP contribution in [0.25, 0.3) is 22.0 Å². The topological polar surface area (TPSA) is 58.6 Å². The molecule has 0 saturated heterocycles. The third-order valence-corrected chi connectivity index (χ3v) is 3.96. The highest BCUT2D eigenvalue weighted by molar-refractivity contribution is 7.17. The molecular formula is C14H10FN3OS. The van der Waals surface area contributed by atoms with Crippen molar-refractivity contribution in [1.82, 2.24) is 15.0 Å². The molecule has 3 aromatic rings. The molecule has 0 fully saturated rings. The molecule has 1 N–H and O–H groups in total. The van der Waals surface area contributed by atoms with Crippen LogP contribution in [0.1, 0.15) is 16.7 Å². The molecule has 0 aliphatic carbocycles. The smallest absolute Gasteiger partial charge is 0.188 e. The average Bonchev–Trinajstić information content (AvgIpc) is 3.08. The molecule has 0 atom stereocenters. The molecule has 0 aliphatic rings. The van der Waals surface area contributed by atoms with Gasteiger partial charge in [0.15, 0.2) is 16.6 Å². The monoisotopic (exact) mass is 287 g/mol. The summed E-state index contributed by atoms with van der Waals surface area (Å²) in [5.41, 5.74) is 1.42. The molecule has 0 spiro atoms. The lowest BCUT2D eigenvalue weighted by molar-refractivity contribution is 0.101. The van der Waals surface area contributed by atoms with E-state index in [1.165, 1.54) is 30.4 Å². The van der Waals surface area contributed by atoms with Crippen molar-refractivity contribution < 1.29 is 9.18 Å². The summed E-state index contributed by atoms with van der Waals surface area (Å²) in [5.74, 6) is 0.189. The molecule has 0 radical (unpaired) electrons. The second-order valence-electron chi connectivity index (χ2n) is 4.20. The number of Topliss-reactive ketones (excluding diaryl/α,β-unsaturated/α-hetero) is 1. The van der Waals surface area contributed by atoms with E-state index in [1.807, 2.05) is 0 Å². The number of H-pyrrole nitrogens is 1. The highest BCUT2D eigenvalue weighted by Gasteiger charge is 2.18. The van der Waals surface area contributed by atoms with E-state index in [9.17, 15) is 9.18 Å². The molecule has 3 rings (SSSR count). The van der Waals surface area contributed by atoms with Crippen LogP contribution in [0.2, 0.25) is 0 Å². The largest absolute Gasteiger partial charge is 0.343 e. The van der Waals surface area contributed by atoms with Gasteiger partial charge in [-0.25, -0.2) is 14.4 Å². The Morgan fingerprint density at radius 2 is 2.05 bits per heavy atom. The molecule has 4 nitrogen and oxygen atoms in total. The first-order valence-electron chi connectivity index (χ1n) is 5.92. The van der Waals surface area contributed by atoms with Crippen molar-refractivity contribution in [2.75, 3.05) is 0 Å². The quantitative estimate of drug-likeness (QED) is 0.749. The third kappa shape index (κ3) is 2.25. The van der Waals surface area contributed by atoms with Gasteiger partial charge in [0.1, 0.15) is 11.5 Å². The van der Waals surface area contributed by atoms with Crippen LogP contribution in [-0.4, -0.2) is 20.7 Å². The number of imidazole rings is 1. The highest BCUT2D eigenvalue weighted by Crippen LogP contribution is 2.35. The molecular weight excluding hydrogens is 277 g/mol. The number of carbonyl (C=O) groups excluding carboxylic acids is 1. The van der Waals surface area contributed by atoms with Crippen molar-refractivity contribution >= 4 is 17.1 Å². The van der Waals surface area contributed by atoms with Gasteiger partial charge in [-0.05, 0) is 17.7 Å². The number of aromatic nitrogens is 3. The minimum absolute atomic E-state index is 0.101. The Hall–Kier alpha value is -2.34. The van der Waals surface area contributed by atoms with Gasteiger partial charge in [0.05, 0.1) is 4.88 Å². The molecule has 0 amide bonds. The summed E-state index contributed by atoms with van der Waals surface area (Å²) in [6, 6.07) is 6.10. The minimum atomic E-state index is -0.301. The molecule has 0 bridgehead atoms. The van der Waals surface area contributed by atoms with Crippen LogP contribution in [0, 0.1) is 5.82 Å². The molecule has 20 heavy (non-hydrogen) atoms. The highest BCUT2D eigenvalue weighted by atomic mass is 32.1. The number of aromatic amines is 1. The SMILES string of the molecule is CC(=O)c1nc(-c2ncc[nH]2)c(-c2ccc(F)cc2)s1. The van der Waals surface area contributed by atoms with E-state index in [-0.39, 0.29) is 11.6 Å². The van der Waals surface area contributed by atoms with Crippen molar-refractivity contribution in [2.24, 2.45) is 0 Å². The van der Waals surface area contributed by atoms with Crippen LogP contribution in [0.5, 0.6) is 0 Å². The zero-order valence-corrected chi connectivity index (χ0v) is 11.4. The second kappa shape index (κ2) is 4.97. The Balaban J connectivity index is 2.18. The van der Waals surface area contributed by atoms with E-state index in [0.717, 1.165) is 10.4 Å². The summed E-state index contributed by atoms with van der Waals surface area (Å²) in [6.45, 7) is 1.47. The van der Waals surface area contributed by atoms with Gasteiger partial charge >= 0.3 is 0 Å². The van der Waals surface area contributed by atoms with Crippen molar-refractivity contribution in [1.29, 1.82) is 0 Å². The van der Waals surface area contributed by atoms with Crippen LogP contribution in [0.4, 0.5) is 4.39 Å². The first-order chi connectivity index (χ1) is 9.65. The van der Waals surface area contributed by atoms with E-state index in [2.05, 4.69) is 15.0 Å². The Bertz CT molecular complexity index is 747. The number of hydrogen-bond donors (Lipinski definition) is 1. The number of ketones is 1. The zero-order valence-electron chi connectivity index (χ0n) is 10.6. The molecule has 0 saturated carbocycles. The number of benzene rings is 1. The van der Waals surface area contributed by atoms with Crippen LogP contribution >= 0.6 is 11.3 Å². The molecule has 1 aromatic carbocycles. The van der Waals surface area contributed by atoms with E-state index in [0.29, 0.717) is 16.5 Å². The lowest BCUT2D eigenvalue weighted by Crippen LogP contribution is -1.90. The number of halogens is 1. The van der Waals surface area contributed by atoms with Crippen molar-refractivity contribution in [3.05, 3.63) is 47.5 Å². The van der Waals surface area contributed by atoms with E-state index in [1.54, 1.807) is 24.5 Å². The van der Waals surface area contributed by atoms with Gasteiger partial charge in [-0.1, -0.05) is 12.1 Å². The standard InChI is InChI=1S/C14H10FN3OS/c1-8(19)14-18-11(13-16-6-7-17-13)12(20-14)9-2-4-10(15)5-3-9/h2-7H,1H3,(H,16,17). The maximum absolute atomic E-state index is 13.0. The fraction of sp³-hybridized carbons (Fsp3) is 0.0714. The predicted molar refractivity (Wildman–Crippen MR) is 75.1 cm³/mol. The summed E-state index contributed by atoms with van der Waals surface area (Å²) in [4.78, 5) is 23.8. The molecule has 0 unspecified atom stereocenters. The first kappa shape index (κ1) is 12.7. The normalized spacial score (nSPS) is 10.7. The summed E-state index contributed by atoms with van der Waals surface area (Å²) in [6.07, 6.45) is 3.31. The molecule has 2 aromatic heterocycles. The van der Waals surface area contributed by atoms with Crippen LogP contribution < -0.4 is 0 Å². The number of nitrogens with zero attached hydrogens (tertiary/aromatic N) is 2. The minimum Gasteiger partial charge on any atom is -0.343 e. The van der Waals surface area contributed by atoms with E-state index < -0.39 is 0 Å². The van der Waals surface area contributed by atoms with E-state index in [4.69, 9.17) is 0 Å². The fourth-order valence-corrected chi connectivity index (χ4v) is 2.79. The maximum Gasteiger partial charge on any atom is 0.188 e. The fourth-order valence-electron chi connectivity index (χ4n) is 1.82. The first-order valence-corrected chi connectivity index (χ1v) is 6.74. The summed E-state index contributed by atoms with van der Waals surface area (Å²) in [7, 11) is 0. The van der Waals surface area contributed by atoms with Gasteiger partial charge in [0.25, 0.3) is 0 Å².